The van der Waals surface area contributed by atoms with Crippen LogP contribution in [-0.4, -0.2) is 33.1 Å². The minimum atomic E-state index is -0.475. The van der Waals surface area contributed by atoms with Crippen LogP contribution >= 0.6 is 35.0 Å². The van der Waals surface area contributed by atoms with E-state index in [9.17, 15) is 4.79 Å². The molecule has 0 saturated carbocycles. The van der Waals surface area contributed by atoms with Crippen LogP contribution in [0.4, 0.5) is 5.95 Å². The molecule has 0 saturated heterocycles. The average molecular weight is 576 g/mol. The zero-order valence-electron chi connectivity index (χ0n) is 21.8. The van der Waals surface area contributed by atoms with Gasteiger partial charge in [0.1, 0.15) is 18.4 Å². The summed E-state index contributed by atoms with van der Waals surface area (Å²) in [6.07, 6.45) is 3.95. The Bertz CT molecular complexity index is 1290. The first-order valence-corrected chi connectivity index (χ1v) is 14.6. The van der Waals surface area contributed by atoms with E-state index in [0.29, 0.717) is 51.4 Å². The summed E-state index contributed by atoms with van der Waals surface area (Å²) in [7, 11) is 0. The second kappa shape index (κ2) is 13.4. The minimum Gasteiger partial charge on any atom is -0.489 e. The van der Waals surface area contributed by atoms with Crippen molar-refractivity contribution in [2.45, 2.75) is 64.3 Å². The number of rotatable bonds is 12. The molecular weight excluding hydrogens is 543 g/mol. The molecule has 2 aromatic carbocycles. The van der Waals surface area contributed by atoms with Crippen LogP contribution in [0.1, 0.15) is 63.6 Å². The standard InChI is InChI=1S/C28H32Cl2N4O3S/c1-4-6-14-36-26(35)24-18(3)31-27-32-28(38-15-7-5-2)33-34(27)25(24)20-9-11-21(12-10-20)37-17-19-8-13-22(29)23(30)16-19/h8-13,16,25H,4-7,14-15,17H2,1-3H3,(H,31,32,33). The summed E-state index contributed by atoms with van der Waals surface area (Å²) >= 11 is 13.7. The van der Waals surface area contributed by atoms with Crippen molar-refractivity contribution in [1.29, 1.82) is 0 Å². The fourth-order valence-electron chi connectivity index (χ4n) is 4.00. The number of hydrogen-bond donors (Lipinski definition) is 1. The Morgan fingerprint density at radius 3 is 2.55 bits per heavy atom. The summed E-state index contributed by atoms with van der Waals surface area (Å²) in [6, 6.07) is 12.6. The van der Waals surface area contributed by atoms with Crippen LogP contribution < -0.4 is 10.1 Å². The second-order valence-electron chi connectivity index (χ2n) is 9.03. The number of thioether (sulfide) groups is 1. The molecule has 38 heavy (non-hydrogen) atoms. The third-order valence-corrected chi connectivity index (χ3v) is 7.76. The van der Waals surface area contributed by atoms with Crippen LogP contribution in [0.2, 0.25) is 10.0 Å². The number of fused-ring (bicyclic) bond motifs is 1. The van der Waals surface area contributed by atoms with Gasteiger partial charge in [0.05, 0.1) is 22.2 Å². The fraction of sp³-hybridized carbons (Fsp3) is 0.393. The first-order chi connectivity index (χ1) is 18.4. The quantitative estimate of drug-likeness (QED) is 0.135. The highest BCUT2D eigenvalue weighted by Crippen LogP contribution is 2.37. The van der Waals surface area contributed by atoms with Crippen LogP contribution in [-0.2, 0) is 16.1 Å². The highest BCUT2D eigenvalue weighted by Gasteiger charge is 2.35. The van der Waals surface area contributed by atoms with Gasteiger partial charge in [0.2, 0.25) is 11.1 Å². The van der Waals surface area contributed by atoms with Crippen molar-refractivity contribution in [2.75, 3.05) is 17.7 Å². The minimum absolute atomic E-state index is 0.350. The van der Waals surface area contributed by atoms with Gasteiger partial charge >= 0.3 is 5.97 Å². The molecule has 2 heterocycles. The Hall–Kier alpha value is -2.68. The molecular formula is C28H32Cl2N4O3S. The predicted octanol–water partition coefficient (Wildman–Crippen LogP) is 7.69. The average Bonchev–Trinajstić information content (AvgIpc) is 3.31. The van der Waals surface area contributed by atoms with Crippen molar-refractivity contribution in [3.63, 3.8) is 0 Å². The van der Waals surface area contributed by atoms with Crippen molar-refractivity contribution in [3.8, 4) is 5.75 Å². The third-order valence-electron chi connectivity index (χ3n) is 6.10. The van der Waals surface area contributed by atoms with Gasteiger partial charge in [0.25, 0.3) is 0 Å². The smallest absolute Gasteiger partial charge is 0.338 e. The summed E-state index contributed by atoms with van der Waals surface area (Å²) in [5.74, 6) is 1.89. The summed E-state index contributed by atoms with van der Waals surface area (Å²) in [6.45, 7) is 6.82. The van der Waals surface area contributed by atoms with Crippen LogP contribution in [0.5, 0.6) is 5.75 Å². The number of esters is 1. The highest BCUT2D eigenvalue weighted by atomic mass is 35.5. The zero-order chi connectivity index (χ0) is 27.1. The lowest BCUT2D eigenvalue weighted by atomic mass is 9.96. The Balaban J connectivity index is 1.59. The summed E-state index contributed by atoms with van der Waals surface area (Å²) < 4.78 is 13.4. The van der Waals surface area contributed by atoms with Crippen molar-refractivity contribution in [2.24, 2.45) is 0 Å². The molecule has 202 valence electrons. The van der Waals surface area contributed by atoms with Gasteiger partial charge < -0.3 is 14.8 Å². The van der Waals surface area contributed by atoms with E-state index < -0.39 is 6.04 Å². The maximum atomic E-state index is 13.2. The predicted molar refractivity (Wildman–Crippen MR) is 153 cm³/mol. The van der Waals surface area contributed by atoms with E-state index in [2.05, 4.69) is 24.1 Å². The second-order valence-corrected chi connectivity index (χ2v) is 10.9. The van der Waals surface area contributed by atoms with Crippen LogP contribution in [0.15, 0.2) is 58.9 Å². The number of anilines is 1. The normalized spacial score (nSPS) is 14.7. The molecule has 1 atom stereocenters. The Kier molecular flexibility index (Phi) is 9.99. The third kappa shape index (κ3) is 6.84. The molecule has 3 aromatic rings. The van der Waals surface area contributed by atoms with E-state index in [4.69, 9.17) is 37.8 Å². The van der Waals surface area contributed by atoms with E-state index in [1.165, 1.54) is 0 Å². The Morgan fingerprint density at radius 2 is 1.84 bits per heavy atom. The van der Waals surface area contributed by atoms with Crippen LogP contribution in [0.25, 0.3) is 0 Å². The Morgan fingerprint density at radius 1 is 1.08 bits per heavy atom. The molecule has 0 spiro atoms. The maximum absolute atomic E-state index is 13.2. The van der Waals surface area contributed by atoms with Gasteiger partial charge in [-0.05, 0) is 55.2 Å². The summed E-state index contributed by atoms with van der Waals surface area (Å²) in [4.78, 5) is 17.9. The molecule has 1 N–H and O–H groups in total. The van der Waals surface area contributed by atoms with Gasteiger partial charge in [-0.15, -0.1) is 5.10 Å². The lowest BCUT2D eigenvalue weighted by Gasteiger charge is -2.28. The summed E-state index contributed by atoms with van der Waals surface area (Å²) in [5.41, 5.74) is 3.03. The number of nitrogens with one attached hydrogen (secondary N) is 1. The molecule has 1 unspecified atom stereocenters. The van der Waals surface area contributed by atoms with Crippen molar-refractivity contribution < 1.29 is 14.3 Å². The van der Waals surface area contributed by atoms with E-state index >= 15 is 0 Å². The molecule has 1 aliphatic heterocycles. The van der Waals surface area contributed by atoms with E-state index in [1.54, 1.807) is 28.6 Å². The number of unbranched alkanes of at least 4 members (excludes halogenated alkanes) is 2. The molecule has 0 amide bonds. The molecule has 10 heteroatoms. The molecule has 0 radical (unpaired) electrons. The number of hydrogen-bond acceptors (Lipinski definition) is 7. The van der Waals surface area contributed by atoms with Gasteiger partial charge in [0.15, 0.2) is 0 Å². The van der Waals surface area contributed by atoms with E-state index in [0.717, 1.165) is 42.6 Å². The van der Waals surface area contributed by atoms with Crippen molar-refractivity contribution in [3.05, 3.63) is 74.9 Å². The monoisotopic (exact) mass is 574 g/mol. The maximum Gasteiger partial charge on any atom is 0.338 e. The number of aromatic nitrogens is 3. The van der Waals surface area contributed by atoms with Gasteiger partial charge in [0, 0.05) is 11.4 Å². The first-order valence-electron chi connectivity index (χ1n) is 12.8. The molecule has 0 aliphatic carbocycles. The largest absolute Gasteiger partial charge is 0.489 e. The van der Waals surface area contributed by atoms with Crippen LogP contribution in [0, 0.1) is 0 Å². The SMILES string of the molecule is CCCCOC(=O)C1=C(C)Nc2nc(SCCCC)nn2C1c1ccc(OCc2ccc(Cl)c(Cl)c2)cc1. The molecule has 7 nitrogen and oxygen atoms in total. The zero-order valence-corrected chi connectivity index (χ0v) is 24.1. The number of nitrogens with zero attached hydrogens (tertiary/aromatic N) is 3. The van der Waals surface area contributed by atoms with Crippen molar-refractivity contribution >= 4 is 46.9 Å². The Labute approximate surface area is 237 Å². The number of allylic oxidation sites excluding steroid dienone is 1. The molecule has 1 aromatic heterocycles. The number of benzene rings is 2. The fourth-order valence-corrected chi connectivity index (χ4v) is 5.24. The lowest BCUT2D eigenvalue weighted by molar-refractivity contribution is -0.139. The summed E-state index contributed by atoms with van der Waals surface area (Å²) in [5, 5.41) is 9.71. The highest BCUT2D eigenvalue weighted by molar-refractivity contribution is 7.99. The van der Waals surface area contributed by atoms with Gasteiger partial charge in [-0.3, -0.25) is 0 Å². The number of ether oxygens (including phenoxy) is 2. The molecule has 1 aliphatic rings. The van der Waals surface area contributed by atoms with Crippen LogP contribution in [0.3, 0.4) is 0 Å². The van der Waals surface area contributed by atoms with Gasteiger partial charge in [-0.2, -0.15) is 4.98 Å². The van der Waals surface area contributed by atoms with Gasteiger partial charge in [-0.25, -0.2) is 9.48 Å². The number of halogens is 2. The number of carbonyl (C=O) groups excluding carboxylic acids is 1. The molecule has 0 bridgehead atoms. The van der Waals surface area contributed by atoms with Gasteiger partial charge in [-0.1, -0.05) is 79.9 Å². The lowest BCUT2D eigenvalue weighted by Crippen LogP contribution is -2.29. The van der Waals surface area contributed by atoms with E-state index in [1.807, 2.05) is 37.3 Å². The molecule has 4 rings (SSSR count). The first kappa shape index (κ1) is 28.3. The molecule has 0 fully saturated rings. The van der Waals surface area contributed by atoms with E-state index in [-0.39, 0.29) is 5.97 Å². The van der Waals surface area contributed by atoms with Crippen molar-refractivity contribution in [1.82, 2.24) is 14.8 Å². The topological polar surface area (TPSA) is 78.3 Å². The number of carbonyl (C=O) groups is 1.